The van der Waals surface area contributed by atoms with Crippen LogP contribution < -0.4 is 0 Å². The fourth-order valence-corrected chi connectivity index (χ4v) is 5.00. The molecule has 132 valence electrons. The van der Waals surface area contributed by atoms with Gasteiger partial charge >= 0.3 is 0 Å². The average molecular weight is 321 g/mol. The average Bonchev–Trinajstić information content (AvgIpc) is 2.79. The van der Waals surface area contributed by atoms with Crippen molar-refractivity contribution in [3.63, 3.8) is 0 Å². The lowest BCUT2D eigenvalue weighted by atomic mass is 9.60. The lowest BCUT2D eigenvalue weighted by molar-refractivity contribution is -0.143. The van der Waals surface area contributed by atoms with E-state index >= 15 is 0 Å². The summed E-state index contributed by atoms with van der Waals surface area (Å²) in [5, 5.41) is 0. The molecule has 0 spiro atoms. The van der Waals surface area contributed by atoms with Crippen molar-refractivity contribution in [1.29, 1.82) is 0 Å². The van der Waals surface area contributed by atoms with E-state index in [2.05, 4.69) is 55.4 Å². The summed E-state index contributed by atoms with van der Waals surface area (Å²) in [5.74, 6) is 1.41. The van der Waals surface area contributed by atoms with Gasteiger partial charge in [0.2, 0.25) is 0 Å². The summed E-state index contributed by atoms with van der Waals surface area (Å²) in [6.45, 7) is 17.5. The number of rotatable bonds is 4. The number of carbonyl (C=O) groups is 2. The van der Waals surface area contributed by atoms with E-state index in [1.807, 2.05) is 0 Å². The summed E-state index contributed by atoms with van der Waals surface area (Å²) in [5.41, 5.74) is -0.757. The van der Waals surface area contributed by atoms with Crippen LogP contribution in [0.2, 0.25) is 0 Å². The van der Waals surface area contributed by atoms with Gasteiger partial charge in [0.15, 0.2) is 0 Å². The highest BCUT2D eigenvalue weighted by molar-refractivity contribution is 6.04. The molecule has 2 fully saturated rings. The molecule has 0 aromatic heterocycles. The molecule has 2 rings (SSSR count). The van der Waals surface area contributed by atoms with Crippen LogP contribution in [0.4, 0.5) is 0 Å². The van der Waals surface area contributed by atoms with Crippen LogP contribution in [-0.4, -0.2) is 11.6 Å². The summed E-state index contributed by atoms with van der Waals surface area (Å²) in [6, 6.07) is 0. The number of hydrogen-bond acceptors (Lipinski definition) is 2. The van der Waals surface area contributed by atoms with E-state index in [1.165, 1.54) is 0 Å². The van der Waals surface area contributed by atoms with Crippen molar-refractivity contribution in [2.45, 2.75) is 87.5 Å². The Morgan fingerprint density at radius 3 is 1.26 bits per heavy atom. The first-order chi connectivity index (χ1) is 10.3. The van der Waals surface area contributed by atoms with Gasteiger partial charge in [-0.2, -0.15) is 0 Å². The van der Waals surface area contributed by atoms with Gasteiger partial charge in [0.1, 0.15) is 11.6 Å². The Kier molecular flexibility index (Phi) is 4.41. The third-order valence-corrected chi connectivity index (χ3v) is 9.01. The molecule has 2 aliphatic rings. The van der Waals surface area contributed by atoms with Crippen LogP contribution in [0.3, 0.4) is 0 Å². The molecule has 0 aromatic rings. The van der Waals surface area contributed by atoms with E-state index in [1.54, 1.807) is 0 Å². The molecule has 2 heteroatoms. The van der Waals surface area contributed by atoms with E-state index in [9.17, 15) is 9.59 Å². The van der Waals surface area contributed by atoms with Crippen molar-refractivity contribution in [2.75, 3.05) is 0 Å². The molecule has 0 aliphatic heterocycles. The maximum Gasteiger partial charge on any atom is 0.146 e. The van der Waals surface area contributed by atoms with E-state index in [4.69, 9.17) is 0 Å². The highest BCUT2D eigenvalue weighted by Crippen LogP contribution is 2.59. The molecule has 4 atom stereocenters. The van der Waals surface area contributed by atoms with Gasteiger partial charge in [-0.15, -0.1) is 0 Å². The second-order valence-corrected chi connectivity index (χ2v) is 10.0. The summed E-state index contributed by atoms with van der Waals surface area (Å²) < 4.78 is 0. The van der Waals surface area contributed by atoms with Crippen LogP contribution >= 0.6 is 0 Å². The summed E-state index contributed by atoms with van der Waals surface area (Å²) in [4.78, 5) is 26.2. The van der Waals surface area contributed by atoms with E-state index in [0.29, 0.717) is 11.8 Å². The number of Topliss-reactive ketones (excluding diaryl/α,β-unsaturated/α-hetero) is 2. The predicted octanol–water partition coefficient (Wildman–Crippen LogP) is 5.44. The minimum atomic E-state index is -0.354. The third kappa shape index (κ3) is 2.43. The largest absolute Gasteiger partial charge is 0.299 e. The van der Waals surface area contributed by atoms with Gasteiger partial charge in [0, 0.05) is 10.8 Å². The third-order valence-electron chi connectivity index (χ3n) is 9.01. The monoisotopic (exact) mass is 320 g/mol. The first-order valence-corrected chi connectivity index (χ1v) is 9.37. The number of carbonyl (C=O) groups excluding carboxylic acids is 2. The topological polar surface area (TPSA) is 34.1 Å². The zero-order chi connectivity index (χ0) is 17.8. The second-order valence-electron chi connectivity index (χ2n) is 10.0. The van der Waals surface area contributed by atoms with Gasteiger partial charge in [-0.25, -0.2) is 0 Å². The van der Waals surface area contributed by atoms with Crippen molar-refractivity contribution in [1.82, 2.24) is 0 Å². The maximum atomic E-state index is 13.1. The van der Waals surface area contributed by atoms with E-state index in [-0.39, 0.29) is 39.6 Å². The Balaban J connectivity index is 2.20. The Morgan fingerprint density at radius 2 is 1.04 bits per heavy atom. The Hall–Kier alpha value is -0.660. The first-order valence-electron chi connectivity index (χ1n) is 9.37. The van der Waals surface area contributed by atoms with E-state index in [0.717, 1.165) is 25.7 Å². The molecule has 0 aromatic carbocycles. The van der Waals surface area contributed by atoms with Crippen LogP contribution in [0.1, 0.15) is 87.5 Å². The number of ketones is 2. The molecule has 0 N–H and O–H groups in total. The van der Waals surface area contributed by atoms with Crippen LogP contribution in [0.5, 0.6) is 0 Å². The minimum Gasteiger partial charge on any atom is -0.299 e. The molecule has 2 aliphatic carbocycles. The Morgan fingerprint density at radius 1 is 0.739 bits per heavy atom. The lowest BCUT2D eigenvalue weighted by Crippen LogP contribution is -2.45. The van der Waals surface area contributed by atoms with Gasteiger partial charge < -0.3 is 0 Å². The normalized spacial score (nSPS) is 41.9. The highest BCUT2D eigenvalue weighted by atomic mass is 16.2. The molecule has 0 amide bonds. The Labute approximate surface area is 142 Å². The summed E-state index contributed by atoms with van der Waals surface area (Å²) in [7, 11) is 0. The molecule has 2 nitrogen and oxygen atoms in total. The van der Waals surface area contributed by atoms with E-state index < -0.39 is 0 Å². The van der Waals surface area contributed by atoms with Crippen LogP contribution in [0.25, 0.3) is 0 Å². The molecule has 0 bridgehead atoms. The SMILES string of the molecule is CC1CCC(C)(C(=O)CC(=O)C2(C)CCC(C)C2(C)C)C1(C)C. The molecular formula is C21H36O2. The molecule has 2 saturated carbocycles. The smallest absolute Gasteiger partial charge is 0.146 e. The molecule has 0 saturated heterocycles. The molecule has 4 unspecified atom stereocenters. The summed E-state index contributed by atoms with van der Waals surface area (Å²) in [6.07, 6.45) is 4.14. The fourth-order valence-electron chi connectivity index (χ4n) is 5.00. The molecular weight excluding hydrogens is 284 g/mol. The van der Waals surface area contributed by atoms with Crippen molar-refractivity contribution >= 4 is 11.6 Å². The zero-order valence-electron chi connectivity index (χ0n) is 16.5. The van der Waals surface area contributed by atoms with Gasteiger partial charge in [0.05, 0.1) is 6.42 Å². The molecule has 0 radical (unpaired) electrons. The van der Waals surface area contributed by atoms with Crippen molar-refractivity contribution in [2.24, 2.45) is 33.5 Å². The van der Waals surface area contributed by atoms with Crippen LogP contribution in [0, 0.1) is 33.5 Å². The quantitative estimate of drug-likeness (QED) is 0.646. The lowest BCUT2D eigenvalue weighted by Gasteiger charge is -2.42. The molecule has 0 heterocycles. The maximum absolute atomic E-state index is 13.1. The van der Waals surface area contributed by atoms with Gasteiger partial charge in [-0.1, -0.05) is 55.4 Å². The molecule has 23 heavy (non-hydrogen) atoms. The van der Waals surface area contributed by atoms with Crippen molar-refractivity contribution in [3.8, 4) is 0 Å². The van der Waals surface area contributed by atoms with Crippen molar-refractivity contribution < 1.29 is 9.59 Å². The second kappa shape index (κ2) is 5.43. The van der Waals surface area contributed by atoms with Gasteiger partial charge in [-0.05, 0) is 48.3 Å². The Bertz CT molecular complexity index is 470. The van der Waals surface area contributed by atoms with Gasteiger partial charge in [-0.3, -0.25) is 9.59 Å². The zero-order valence-corrected chi connectivity index (χ0v) is 16.5. The van der Waals surface area contributed by atoms with Crippen molar-refractivity contribution in [3.05, 3.63) is 0 Å². The highest BCUT2D eigenvalue weighted by Gasteiger charge is 2.57. The fraction of sp³-hybridized carbons (Fsp3) is 0.905. The minimum absolute atomic E-state index is 0.0241. The summed E-state index contributed by atoms with van der Waals surface area (Å²) >= 11 is 0. The number of hydrogen-bond donors (Lipinski definition) is 0. The van der Waals surface area contributed by atoms with Gasteiger partial charge in [0.25, 0.3) is 0 Å². The van der Waals surface area contributed by atoms with Crippen LogP contribution in [-0.2, 0) is 9.59 Å². The standard InChI is InChI=1S/C21H36O2/c1-14-9-11-20(7,18(14,3)4)16(22)13-17(23)21(8)12-10-15(2)19(21,5)6/h14-15H,9-13H2,1-8H3. The first kappa shape index (κ1) is 18.7. The predicted molar refractivity (Wildman–Crippen MR) is 95.2 cm³/mol. The van der Waals surface area contributed by atoms with Crippen LogP contribution in [0.15, 0.2) is 0 Å².